The molecule has 0 spiro atoms. The van der Waals surface area contributed by atoms with Gasteiger partial charge in [0.1, 0.15) is 18.2 Å². The number of hydrogen-bond donors (Lipinski definition) is 1. The van der Waals surface area contributed by atoms with Crippen molar-refractivity contribution in [2.45, 2.75) is 33.4 Å². The van der Waals surface area contributed by atoms with E-state index in [1.54, 1.807) is 18.2 Å². The van der Waals surface area contributed by atoms with Crippen LogP contribution in [0.3, 0.4) is 0 Å². The van der Waals surface area contributed by atoms with Crippen LogP contribution >= 0.6 is 23.2 Å². The summed E-state index contributed by atoms with van der Waals surface area (Å²) in [5.41, 5.74) is 1.30. The molecule has 0 aliphatic heterocycles. The third-order valence-electron chi connectivity index (χ3n) is 4.49. The van der Waals surface area contributed by atoms with Gasteiger partial charge in [0.25, 0.3) is 0 Å². The lowest BCUT2D eigenvalue weighted by atomic mass is 10.2. The van der Waals surface area contributed by atoms with E-state index in [1.807, 2.05) is 12.1 Å². The molecule has 0 heterocycles. The van der Waals surface area contributed by atoms with Crippen molar-refractivity contribution in [2.24, 2.45) is 0 Å². The predicted octanol–water partition coefficient (Wildman–Crippen LogP) is 5.53. The number of rotatable bonds is 11. The van der Waals surface area contributed by atoms with E-state index in [0.29, 0.717) is 27.9 Å². The lowest BCUT2D eigenvalue weighted by Gasteiger charge is -2.18. The first-order chi connectivity index (χ1) is 13.0. The lowest BCUT2D eigenvalue weighted by Crippen LogP contribution is -2.27. The number of nitrogens with zero attached hydrogens (tertiary/aromatic N) is 1. The minimum Gasteiger partial charge on any atom is -0.488 e. The van der Waals surface area contributed by atoms with Crippen LogP contribution in [-0.4, -0.2) is 31.1 Å². The summed E-state index contributed by atoms with van der Waals surface area (Å²) < 4.78 is 19.8. The van der Waals surface area contributed by atoms with Gasteiger partial charge in [0.15, 0.2) is 0 Å². The quantitative estimate of drug-likeness (QED) is 0.490. The Balaban J connectivity index is 1.92. The Morgan fingerprint density at radius 3 is 2.59 bits per heavy atom. The van der Waals surface area contributed by atoms with Crippen molar-refractivity contribution >= 4 is 23.2 Å². The molecule has 0 bridgehead atoms. The molecule has 0 aromatic heterocycles. The Morgan fingerprint density at radius 1 is 1.11 bits per heavy atom. The molecule has 0 fully saturated rings. The molecule has 1 N–H and O–H groups in total. The highest BCUT2D eigenvalue weighted by Crippen LogP contribution is 2.26. The Hall–Kier alpha value is -1.33. The van der Waals surface area contributed by atoms with Crippen molar-refractivity contribution < 1.29 is 9.13 Å². The third kappa shape index (κ3) is 6.96. The number of ether oxygens (including phenoxy) is 1. The van der Waals surface area contributed by atoms with Gasteiger partial charge < -0.3 is 15.0 Å². The van der Waals surface area contributed by atoms with E-state index in [2.05, 4.69) is 24.1 Å². The van der Waals surface area contributed by atoms with Gasteiger partial charge in [0, 0.05) is 22.7 Å². The first-order valence-electron chi connectivity index (χ1n) is 9.32. The summed E-state index contributed by atoms with van der Waals surface area (Å²) >= 11 is 12.2. The molecule has 0 amide bonds. The smallest absolute Gasteiger partial charge is 0.131 e. The maximum absolute atomic E-state index is 13.9. The zero-order valence-corrected chi connectivity index (χ0v) is 17.4. The average Bonchev–Trinajstić information content (AvgIpc) is 2.65. The minimum absolute atomic E-state index is 0.0715. The van der Waals surface area contributed by atoms with E-state index in [-0.39, 0.29) is 12.4 Å². The summed E-state index contributed by atoms with van der Waals surface area (Å²) in [6, 6.07) is 10.1. The molecule has 0 radical (unpaired) electrons. The lowest BCUT2D eigenvalue weighted by molar-refractivity contribution is 0.293. The molecular formula is C21H27Cl2FN2O. The van der Waals surface area contributed by atoms with Gasteiger partial charge in [-0.2, -0.15) is 0 Å². The van der Waals surface area contributed by atoms with Crippen molar-refractivity contribution in [1.82, 2.24) is 10.2 Å². The maximum Gasteiger partial charge on any atom is 0.131 e. The highest BCUT2D eigenvalue weighted by molar-refractivity contribution is 6.31. The molecule has 3 nitrogen and oxygen atoms in total. The fourth-order valence-corrected chi connectivity index (χ4v) is 3.25. The van der Waals surface area contributed by atoms with Gasteiger partial charge in [-0.3, -0.25) is 0 Å². The molecule has 2 aromatic carbocycles. The van der Waals surface area contributed by atoms with Gasteiger partial charge >= 0.3 is 0 Å². The molecule has 0 atom stereocenters. The van der Waals surface area contributed by atoms with Gasteiger partial charge in [0.2, 0.25) is 0 Å². The summed E-state index contributed by atoms with van der Waals surface area (Å²) in [6.45, 7) is 9.18. The second-order valence-corrected chi connectivity index (χ2v) is 7.14. The summed E-state index contributed by atoms with van der Waals surface area (Å²) in [5.74, 6) is 0.308. The molecule has 148 valence electrons. The van der Waals surface area contributed by atoms with Crippen molar-refractivity contribution in [1.29, 1.82) is 0 Å². The van der Waals surface area contributed by atoms with Crippen LogP contribution in [-0.2, 0) is 13.2 Å². The third-order valence-corrected chi connectivity index (χ3v) is 5.08. The van der Waals surface area contributed by atoms with Crippen molar-refractivity contribution in [2.75, 3.05) is 26.2 Å². The van der Waals surface area contributed by atoms with Crippen LogP contribution in [0.15, 0.2) is 36.4 Å². The van der Waals surface area contributed by atoms with Crippen molar-refractivity contribution in [3.63, 3.8) is 0 Å². The summed E-state index contributed by atoms with van der Waals surface area (Å²) in [5, 5.41) is 4.43. The summed E-state index contributed by atoms with van der Waals surface area (Å²) in [7, 11) is 0. The largest absolute Gasteiger partial charge is 0.488 e. The molecule has 27 heavy (non-hydrogen) atoms. The van der Waals surface area contributed by atoms with Gasteiger partial charge in [-0.15, -0.1) is 0 Å². The SMILES string of the molecule is CCN(CC)CCCNCc1cc(Cl)ccc1OCc1c(F)cccc1Cl. The van der Waals surface area contributed by atoms with Gasteiger partial charge in [-0.25, -0.2) is 4.39 Å². The topological polar surface area (TPSA) is 24.5 Å². The van der Waals surface area contributed by atoms with E-state index in [1.165, 1.54) is 6.07 Å². The van der Waals surface area contributed by atoms with Crippen LogP contribution in [0.25, 0.3) is 0 Å². The van der Waals surface area contributed by atoms with Crippen LogP contribution in [0, 0.1) is 5.82 Å². The fraction of sp³-hybridized carbons (Fsp3) is 0.429. The van der Waals surface area contributed by atoms with Crippen LogP contribution < -0.4 is 10.1 Å². The van der Waals surface area contributed by atoms with E-state index >= 15 is 0 Å². The standard InChI is InChI=1S/C21H27Cl2FN2O/c1-3-26(4-2)12-6-11-25-14-16-13-17(22)9-10-21(16)27-15-18-19(23)7-5-8-20(18)24/h5,7-10,13,25H,3-4,6,11-12,14-15H2,1-2H3. The van der Waals surface area contributed by atoms with Gasteiger partial charge in [0.05, 0.1) is 5.02 Å². The summed E-state index contributed by atoms with van der Waals surface area (Å²) in [6.07, 6.45) is 1.07. The first-order valence-corrected chi connectivity index (χ1v) is 10.1. The summed E-state index contributed by atoms with van der Waals surface area (Å²) in [4.78, 5) is 2.40. The highest BCUT2D eigenvalue weighted by atomic mass is 35.5. The maximum atomic E-state index is 13.9. The number of halogens is 3. The predicted molar refractivity (Wildman–Crippen MR) is 111 cm³/mol. The van der Waals surface area contributed by atoms with Crippen molar-refractivity contribution in [3.8, 4) is 5.75 Å². The van der Waals surface area contributed by atoms with E-state index in [9.17, 15) is 4.39 Å². The molecule has 0 saturated carbocycles. The minimum atomic E-state index is -0.368. The van der Waals surface area contributed by atoms with Gasteiger partial charge in [-0.1, -0.05) is 43.1 Å². The van der Waals surface area contributed by atoms with E-state index < -0.39 is 0 Å². The fourth-order valence-electron chi connectivity index (χ4n) is 2.84. The van der Waals surface area contributed by atoms with Crippen LogP contribution in [0.2, 0.25) is 10.0 Å². The normalized spacial score (nSPS) is 11.2. The van der Waals surface area contributed by atoms with Gasteiger partial charge in [-0.05, 0) is 62.9 Å². The van der Waals surface area contributed by atoms with E-state index in [0.717, 1.165) is 38.2 Å². The molecule has 0 aliphatic rings. The number of nitrogens with one attached hydrogen (secondary N) is 1. The monoisotopic (exact) mass is 412 g/mol. The molecule has 2 aromatic rings. The van der Waals surface area contributed by atoms with Crippen LogP contribution in [0.1, 0.15) is 31.4 Å². The number of hydrogen-bond acceptors (Lipinski definition) is 3. The molecule has 0 unspecified atom stereocenters. The molecule has 0 aliphatic carbocycles. The second-order valence-electron chi connectivity index (χ2n) is 6.30. The Labute approximate surface area is 171 Å². The molecule has 0 saturated heterocycles. The van der Waals surface area contributed by atoms with E-state index in [4.69, 9.17) is 27.9 Å². The Kier molecular flexibility index (Phi) is 9.35. The Bertz CT molecular complexity index is 703. The Morgan fingerprint density at radius 2 is 1.89 bits per heavy atom. The van der Waals surface area contributed by atoms with Crippen LogP contribution in [0.4, 0.5) is 4.39 Å². The highest BCUT2D eigenvalue weighted by Gasteiger charge is 2.10. The average molecular weight is 413 g/mol. The zero-order chi connectivity index (χ0) is 19.6. The van der Waals surface area contributed by atoms with Crippen molar-refractivity contribution in [3.05, 3.63) is 63.4 Å². The molecule has 6 heteroatoms. The zero-order valence-electron chi connectivity index (χ0n) is 15.9. The number of benzene rings is 2. The molecular weight excluding hydrogens is 386 g/mol. The first kappa shape index (κ1) is 22.0. The molecule has 2 rings (SSSR count). The van der Waals surface area contributed by atoms with Crippen LogP contribution in [0.5, 0.6) is 5.75 Å². The second kappa shape index (κ2) is 11.5.